The molecule has 100 valence electrons. The van der Waals surface area contributed by atoms with Crippen LogP contribution in [0.3, 0.4) is 0 Å². The van der Waals surface area contributed by atoms with Gasteiger partial charge in [0.25, 0.3) is 0 Å². The number of halogens is 3. The third kappa shape index (κ3) is 3.12. The molecule has 0 amide bonds. The van der Waals surface area contributed by atoms with Crippen LogP contribution in [0.25, 0.3) is 0 Å². The predicted octanol–water partition coefficient (Wildman–Crippen LogP) is 3.13. The Bertz CT molecular complexity index is 596. The molecule has 0 aliphatic heterocycles. The second kappa shape index (κ2) is 4.75. The van der Waals surface area contributed by atoms with Crippen LogP contribution in [0.1, 0.15) is 11.3 Å². The number of anilines is 3. The van der Waals surface area contributed by atoms with Crippen LogP contribution in [0.2, 0.25) is 0 Å². The van der Waals surface area contributed by atoms with Gasteiger partial charge in [0.05, 0.1) is 0 Å². The fraction of sp³-hybridized carbons (Fsp3) is 0.167. The number of hydrogen-bond donors (Lipinski definition) is 2. The molecule has 0 spiro atoms. The normalized spacial score (nSPS) is 11.4. The summed E-state index contributed by atoms with van der Waals surface area (Å²) in [6, 6.07) is 5.88. The van der Waals surface area contributed by atoms with E-state index in [0.29, 0.717) is 11.4 Å². The van der Waals surface area contributed by atoms with Crippen LogP contribution in [0.5, 0.6) is 0 Å². The molecule has 2 rings (SSSR count). The summed E-state index contributed by atoms with van der Waals surface area (Å²) in [6.45, 7) is 1.80. The molecule has 1 aromatic heterocycles. The number of hydrogen-bond acceptors (Lipinski definition) is 4. The van der Waals surface area contributed by atoms with Crippen molar-refractivity contribution in [2.24, 2.45) is 0 Å². The monoisotopic (exact) mass is 268 g/mol. The molecule has 19 heavy (non-hydrogen) atoms. The van der Waals surface area contributed by atoms with Crippen molar-refractivity contribution in [1.82, 2.24) is 9.97 Å². The van der Waals surface area contributed by atoms with Crippen molar-refractivity contribution in [3.8, 4) is 0 Å². The summed E-state index contributed by atoms with van der Waals surface area (Å²) in [7, 11) is 0. The number of nitrogens with one attached hydrogen (secondary N) is 1. The molecule has 4 nitrogen and oxygen atoms in total. The summed E-state index contributed by atoms with van der Waals surface area (Å²) in [6.07, 6.45) is -3.44. The molecule has 2 aromatic rings. The highest BCUT2D eigenvalue weighted by Crippen LogP contribution is 2.28. The number of nitrogen functional groups attached to an aromatic ring is 1. The lowest BCUT2D eigenvalue weighted by molar-refractivity contribution is -0.141. The van der Waals surface area contributed by atoms with Crippen LogP contribution in [-0.2, 0) is 6.18 Å². The first-order valence-electron chi connectivity index (χ1n) is 5.39. The van der Waals surface area contributed by atoms with E-state index in [2.05, 4.69) is 15.3 Å². The number of aromatic nitrogens is 2. The Morgan fingerprint density at radius 2 is 1.95 bits per heavy atom. The molecular weight excluding hydrogens is 257 g/mol. The van der Waals surface area contributed by atoms with E-state index < -0.39 is 11.9 Å². The number of alkyl halides is 3. The zero-order valence-electron chi connectivity index (χ0n) is 9.99. The summed E-state index contributed by atoms with van der Waals surface area (Å²) in [4.78, 5) is 7.18. The molecule has 0 aliphatic carbocycles. The maximum atomic E-state index is 12.5. The quantitative estimate of drug-likeness (QED) is 0.821. The third-order valence-corrected chi connectivity index (χ3v) is 2.45. The molecule has 1 aromatic carbocycles. The topological polar surface area (TPSA) is 63.8 Å². The largest absolute Gasteiger partial charge is 0.433 e. The van der Waals surface area contributed by atoms with Gasteiger partial charge in [-0.05, 0) is 30.7 Å². The van der Waals surface area contributed by atoms with Gasteiger partial charge in [0.2, 0.25) is 5.95 Å². The lowest BCUT2D eigenvalue weighted by atomic mass is 10.2. The summed E-state index contributed by atoms with van der Waals surface area (Å²) in [5, 5.41) is 2.72. The van der Waals surface area contributed by atoms with Crippen LogP contribution in [0.15, 0.2) is 30.5 Å². The Morgan fingerprint density at radius 3 is 2.63 bits per heavy atom. The maximum Gasteiger partial charge on any atom is 0.433 e. The molecule has 0 atom stereocenters. The van der Waals surface area contributed by atoms with Gasteiger partial charge in [-0.2, -0.15) is 13.2 Å². The molecule has 0 bridgehead atoms. The van der Waals surface area contributed by atoms with Crippen molar-refractivity contribution in [2.45, 2.75) is 13.1 Å². The minimum atomic E-state index is -4.50. The number of nitrogens with two attached hydrogens (primary N) is 1. The van der Waals surface area contributed by atoms with Crippen molar-refractivity contribution in [1.29, 1.82) is 0 Å². The van der Waals surface area contributed by atoms with Crippen molar-refractivity contribution in [3.05, 3.63) is 41.7 Å². The Labute approximate surface area is 107 Å². The lowest BCUT2D eigenvalue weighted by Gasteiger charge is -2.10. The van der Waals surface area contributed by atoms with E-state index in [0.717, 1.165) is 17.8 Å². The standard InChI is InChI=1S/C12H11F3N4/c1-7-2-3-8(16)6-9(7)18-11-17-5-4-10(19-11)12(13,14)15/h2-6H,16H2,1H3,(H,17,18,19). The molecular formula is C12H11F3N4. The van der Waals surface area contributed by atoms with Gasteiger partial charge >= 0.3 is 6.18 Å². The summed E-state index contributed by atoms with van der Waals surface area (Å²) >= 11 is 0. The minimum absolute atomic E-state index is 0.122. The molecule has 0 unspecified atom stereocenters. The molecule has 7 heteroatoms. The molecule has 1 heterocycles. The van der Waals surface area contributed by atoms with Crippen LogP contribution in [0, 0.1) is 6.92 Å². The highest BCUT2D eigenvalue weighted by atomic mass is 19.4. The van der Waals surface area contributed by atoms with Crippen LogP contribution in [-0.4, -0.2) is 9.97 Å². The molecule has 0 aliphatic rings. The minimum Gasteiger partial charge on any atom is -0.399 e. The fourth-order valence-corrected chi connectivity index (χ4v) is 1.47. The highest BCUT2D eigenvalue weighted by Gasteiger charge is 2.32. The van der Waals surface area contributed by atoms with E-state index in [-0.39, 0.29) is 5.95 Å². The van der Waals surface area contributed by atoms with E-state index >= 15 is 0 Å². The van der Waals surface area contributed by atoms with Crippen LogP contribution >= 0.6 is 0 Å². The predicted molar refractivity (Wildman–Crippen MR) is 65.9 cm³/mol. The van der Waals surface area contributed by atoms with Gasteiger partial charge in [0, 0.05) is 17.6 Å². The zero-order valence-corrected chi connectivity index (χ0v) is 9.99. The van der Waals surface area contributed by atoms with Gasteiger partial charge < -0.3 is 11.1 Å². The Morgan fingerprint density at radius 1 is 1.21 bits per heavy atom. The third-order valence-electron chi connectivity index (χ3n) is 2.45. The first kappa shape index (κ1) is 13.1. The first-order chi connectivity index (χ1) is 8.86. The summed E-state index contributed by atoms with van der Waals surface area (Å²) in [5.74, 6) is -0.122. The van der Waals surface area contributed by atoms with E-state index in [4.69, 9.17) is 5.73 Å². The van der Waals surface area contributed by atoms with Crippen molar-refractivity contribution < 1.29 is 13.2 Å². The van der Waals surface area contributed by atoms with Crippen molar-refractivity contribution >= 4 is 17.3 Å². The number of rotatable bonds is 2. The van der Waals surface area contributed by atoms with Gasteiger partial charge in [0.1, 0.15) is 5.69 Å². The Balaban J connectivity index is 2.31. The van der Waals surface area contributed by atoms with Gasteiger partial charge in [-0.3, -0.25) is 0 Å². The second-order valence-corrected chi connectivity index (χ2v) is 3.96. The lowest BCUT2D eigenvalue weighted by Crippen LogP contribution is -2.10. The number of nitrogens with zero attached hydrogens (tertiary/aromatic N) is 2. The average molecular weight is 268 g/mol. The highest BCUT2D eigenvalue weighted by molar-refractivity contribution is 5.63. The molecule has 0 radical (unpaired) electrons. The second-order valence-electron chi connectivity index (χ2n) is 3.96. The fourth-order valence-electron chi connectivity index (χ4n) is 1.47. The number of benzene rings is 1. The maximum absolute atomic E-state index is 12.5. The van der Waals surface area contributed by atoms with Gasteiger partial charge in [-0.15, -0.1) is 0 Å². The van der Waals surface area contributed by atoms with Gasteiger partial charge in [-0.1, -0.05) is 6.07 Å². The van der Waals surface area contributed by atoms with Crippen molar-refractivity contribution in [2.75, 3.05) is 11.1 Å². The average Bonchev–Trinajstić information content (AvgIpc) is 2.33. The van der Waals surface area contributed by atoms with Crippen LogP contribution in [0.4, 0.5) is 30.5 Å². The van der Waals surface area contributed by atoms with E-state index in [9.17, 15) is 13.2 Å². The molecule has 0 saturated carbocycles. The molecule has 3 N–H and O–H groups in total. The molecule has 0 saturated heterocycles. The SMILES string of the molecule is Cc1ccc(N)cc1Nc1nccc(C(F)(F)F)n1. The summed E-state index contributed by atoms with van der Waals surface area (Å²) in [5.41, 5.74) is 6.52. The van der Waals surface area contributed by atoms with Gasteiger partial charge in [-0.25, -0.2) is 9.97 Å². The summed E-state index contributed by atoms with van der Waals surface area (Å²) < 4.78 is 37.5. The van der Waals surface area contributed by atoms with E-state index in [1.54, 1.807) is 25.1 Å². The Hall–Kier alpha value is -2.31. The first-order valence-corrected chi connectivity index (χ1v) is 5.39. The van der Waals surface area contributed by atoms with E-state index in [1.807, 2.05) is 0 Å². The molecule has 0 fully saturated rings. The Kier molecular flexibility index (Phi) is 3.28. The van der Waals surface area contributed by atoms with E-state index in [1.165, 1.54) is 0 Å². The van der Waals surface area contributed by atoms with Gasteiger partial charge in [0.15, 0.2) is 0 Å². The smallest absolute Gasteiger partial charge is 0.399 e. The zero-order chi connectivity index (χ0) is 14.0. The van der Waals surface area contributed by atoms with Crippen LogP contribution < -0.4 is 11.1 Å². The van der Waals surface area contributed by atoms with Crippen molar-refractivity contribution in [3.63, 3.8) is 0 Å². The number of aryl methyl sites for hydroxylation is 1.